The Kier molecular flexibility index (Phi) is 24.2. The van der Waals surface area contributed by atoms with Crippen molar-refractivity contribution in [1.29, 1.82) is 0 Å². The first-order chi connectivity index (χ1) is 12.6. The van der Waals surface area contributed by atoms with Crippen LogP contribution in [0.4, 0.5) is 4.79 Å². The van der Waals surface area contributed by atoms with E-state index in [1.165, 1.54) is 0 Å². The van der Waals surface area contributed by atoms with E-state index in [9.17, 15) is 4.79 Å². The molecule has 1 atom stereocenters. The van der Waals surface area contributed by atoms with Crippen molar-refractivity contribution in [1.82, 2.24) is 5.32 Å². The zero-order valence-electron chi connectivity index (χ0n) is 17.1. The summed E-state index contributed by atoms with van der Waals surface area (Å²) in [4.78, 5) is 14.0. The van der Waals surface area contributed by atoms with Crippen molar-refractivity contribution < 1.29 is 14.6 Å². The second-order valence-corrected chi connectivity index (χ2v) is 6.00. The molecule has 1 aromatic rings. The van der Waals surface area contributed by atoms with Crippen LogP contribution in [0, 0.1) is 11.8 Å². The summed E-state index contributed by atoms with van der Waals surface area (Å²) in [5.41, 5.74) is 8.92. The maximum absolute atomic E-state index is 11.3. The SMILES string of the molecule is CCC(CC)CN=[N+]=[N-].CC[C@H](CO)CNC(=O)OCc1ccccc1.S.S. The van der Waals surface area contributed by atoms with Gasteiger partial charge in [0.25, 0.3) is 0 Å². The molecule has 1 rings (SSSR count). The number of hydrogen-bond acceptors (Lipinski definition) is 4. The number of amides is 1. The molecule has 0 aliphatic heterocycles. The molecular weight excluding hydrogens is 396 g/mol. The summed E-state index contributed by atoms with van der Waals surface area (Å²) in [6.07, 6.45) is 2.60. The fourth-order valence-electron chi connectivity index (χ4n) is 2.04. The van der Waals surface area contributed by atoms with Crippen molar-refractivity contribution in [3.8, 4) is 0 Å². The van der Waals surface area contributed by atoms with Gasteiger partial charge >= 0.3 is 6.09 Å². The molecule has 1 amide bonds. The summed E-state index contributed by atoms with van der Waals surface area (Å²) >= 11 is 0. The van der Waals surface area contributed by atoms with Crippen molar-refractivity contribution >= 4 is 33.1 Å². The fourth-order valence-corrected chi connectivity index (χ4v) is 2.04. The second kappa shape index (κ2) is 21.8. The highest BCUT2D eigenvalue weighted by Gasteiger charge is 2.07. The zero-order valence-corrected chi connectivity index (χ0v) is 19.1. The number of carbonyl (C=O) groups is 1. The Balaban J connectivity index is -0.000000492. The van der Waals surface area contributed by atoms with E-state index in [-0.39, 0.29) is 46.1 Å². The zero-order chi connectivity index (χ0) is 19.6. The van der Waals surface area contributed by atoms with E-state index in [1.807, 2.05) is 37.3 Å². The van der Waals surface area contributed by atoms with Crippen molar-refractivity contribution in [2.24, 2.45) is 17.0 Å². The second-order valence-electron chi connectivity index (χ2n) is 6.00. The summed E-state index contributed by atoms with van der Waals surface area (Å²) < 4.78 is 5.04. The molecule has 28 heavy (non-hydrogen) atoms. The van der Waals surface area contributed by atoms with Crippen LogP contribution in [0.3, 0.4) is 0 Å². The molecule has 0 saturated carbocycles. The van der Waals surface area contributed by atoms with Crippen LogP contribution in [-0.2, 0) is 11.3 Å². The number of alkyl carbamates (subject to hydrolysis) is 1. The molecule has 9 heteroatoms. The molecule has 7 nitrogen and oxygen atoms in total. The van der Waals surface area contributed by atoms with Gasteiger partial charge in [0.15, 0.2) is 0 Å². The Morgan fingerprint density at radius 2 is 1.71 bits per heavy atom. The number of carbonyl (C=O) groups excluding carboxylic acids is 1. The summed E-state index contributed by atoms with van der Waals surface area (Å²) in [7, 11) is 0. The van der Waals surface area contributed by atoms with Crippen molar-refractivity contribution in [2.75, 3.05) is 19.7 Å². The van der Waals surface area contributed by atoms with E-state index < -0.39 is 6.09 Å². The third-order valence-electron chi connectivity index (χ3n) is 4.14. The average molecular weight is 433 g/mol. The number of aliphatic hydroxyl groups is 1. The number of benzene rings is 1. The summed E-state index contributed by atoms with van der Waals surface area (Å²) in [5, 5.41) is 15.1. The predicted molar refractivity (Wildman–Crippen MR) is 124 cm³/mol. The number of azide groups is 1. The van der Waals surface area contributed by atoms with Gasteiger partial charge in [-0.3, -0.25) is 0 Å². The van der Waals surface area contributed by atoms with E-state index in [4.69, 9.17) is 15.4 Å². The lowest BCUT2D eigenvalue weighted by Crippen LogP contribution is -2.30. The van der Waals surface area contributed by atoms with Gasteiger partial charge < -0.3 is 15.2 Å². The monoisotopic (exact) mass is 432 g/mol. The van der Waals surface area contributed by atoms with Gasteiger partial charge in [-0.15, -0.1) is 0 Å². The van der Waals surface area contributed by atoms with Gasteiger partial charge in [0.2, 0.25) is 0 Å². The molecule has 0 spiro atoms. The first-order valence-electron chi connectivity index (χ1n) is 9.17. The Hall–Kier alpha value is -1.54. The van der Waals surface area contributed by atoms with Gasteiger partial charge in [0, 0.05) is 24.6 Å². The van der Waals surface area contributed by atoms with Crippen LogP contribution in [0.1, 0.15) is 45.6 Å². The van der Waals surface area contributed by atoms with E-state index in [0.717, 1.165) is 24.8 Å². The minimum atomic E-state index is -0.444. The van der Waals surface area contributed by atoms with Gasteiger partial charge in [-0.25, -0.2) is 4.79 Å². The largest absolute Gasteiger partial charge is 0.445 e. The van der Waals surface area contributed by atoms with Crippen molar-refractivity contribution in [3.05, 3.63) is 46.3 Å². The highest BCUT2D eigenvalue weighted by Crippen LogP contribution is 2.06. The number of ether oxygens (including phenoxy) is 1. The van der Waals surface area contributed by atoms with Crippen molar-refractivity contribution in [2.45, 2.75) is 46.6 Å². The first-order valence-corrected chi connectivity index (χ1v) is 9.17. The van der Waals surface area contributed by atoms with Crippen LogP contribution < -0.4 is 5.32 Å². The Morgan fingerprint density at radius 3 is 2.18 bits per heavy atom. The summed E-state index contributed by atoms with van der Waals surface area (Å²) in [6.45, 7) is 7.64. The van der Waals surface area contributed by atoms with Gasteiger partial charge in [-0.1, -0.05) is 69.1 Å². The Morgan fingerprint density at radius 1 is 1.14 bits per heavy atom. The molecule has 0 heterocycles. The maximum Gasteiger partial charge on any atom is 0.407 e. The number of hydrogen-bond donors (Lipinski definition) is 2. The normalized spacial score (nSPS) is 10.2. The molecule has 0 radical (unpaired) electrons. The molecular formula is C19H36N4O3S2. The topological polar surface area (TPSA) is 107 Å². The maximum atomic E-state index is 11.3. The lowest BCUT2D eigenvalue weighted by molar-refractivity contribution is 0.135. The Labute approximate surface area is 182 Å². The number of nitrogens with zero attached hydrogens (tertiary/aromatic N) is 3. The van der Waals surface area contributed by atoms with Crippen molar-refractivity contribution in [3.63, 3.8) is 0 Å². The minimum absolute atomic E-state index is 0. The van der Waals surface area contributed by atoms with Crippen LogP contribution in [0.15, 0.2) is 35.4 Å². The van der Waals surface area contributed by atoms with Gasteiger partial charge in [0.05, 0.1) is 0 Å². The predicted octanol–water partition coefficient (Wildman–Crippen LogP) is 4.89. The smallest absolute Gasteiger partial charge is 0.407 e. The highest BCUT2D eigenvalue weighted by molar-refractivity contribution is 7.59. The first kappa shape index (κ1) is 31.2. The van der Waals surface area contributed by atoms with Crippen LogP contribution >= 0.6 is 27.0 Å². The third-order valence-corrected chi connectivity index (χ3v) is 4.14. The molecule has 1 aromatic carbocycles. The average Bonchev–Trinajstić information content (AvgIpc) is 2.69. The summed E-state index contributed by atoms with van der Waals surface area (Å²) in [5.74, 6) is 0.681. The molecule has 0 saturated heterocycles. The van der Waals surface area contributed by atoms with Crippen LogP contribution in [0.25, 0.3) is 10.4 Å². The van der Waals surface area contributed by atoms with Crippen LogP contribution in [0.2, 0.25) is 0 Å². The van der Waals surface area contributed by atoms with Crippen LogP contribution in [-0.4, -0.2) is 30.9 Å². The fraction of sp³-hybridized carbons (Fsp3) is 0.632. The highest BCUT2D eigenvalue weighted by atomic mass is 32.1. The number of aliphatic hydroxyl groups excluding tert-OH is 1. The minimum Gasteiger partial charge on any atom is -0.445 e. The molecule has 0 unspecified atom stereocenters. The van der Waals surface area contributed by atoms with Gasteiger partial charge in [-0.2, -0.15) is 27.0 Å². The standard InChI is InChI=1S/C13H19NO3.C6H13N3.2H2S/c1-2-11(9-15)8-14-13(16)17-10-12-6-4-3-5-7-12;1-3-6(4-2)5-8-9-7;;/h3-7,11,15H,2,8-10H2,1H3,(H,14,16);6H,3-5H2,1-2H3;2*1H2/t11-;;;/m0.../s1. The molecule has 162 valence electrons. The molecule has 0 bridgehead atoms. The Bertz CT molecular complexity index is 521. The number of rotatable bonds is 10. The quantitative estimate of drug-likeness (QED) is 0.312. The van der Waals surface area contributed by atoms with E-state index >= 15 is 0 Å². The van der Waals surface area contributed by atoms with Gasteiger partial charge in [-0.05, 0) is 29.4 Å². The molecule has 0 aromatic heterocycles. The number of nitrogens with one attached hydrogen (secondary N) is 1. The lowest BCUT2D eigenvalue weighted by Gasteiger charge is -2.12. The molecule has 2 N–H and O–H groups in total. The summed E-state index contributed by atoms with van der Waals surface area (Å²) in [6, 6.07) is 9.51. The molecule has 0 aliphatic carbocycles. The lowest BCUT2D eigenvalue weighted by atomic mass is 10.0. The van der Waals surface area contributed by atoms with Gasteiger partial charge in [0.1, 0.15) is 6.61 Å². The van der Waals surface area contributed by atoms with E-state index in [1.54, 1.807) is 0 Å². The van der Waals surface area contributed by atoms with E-state index in [0.29, 0.717) is 19.0 Å². The molecule has 0 fully saturated rings. The third kappa shape index (κ3) is 16.6. The van der Waals surface area contributed by atoms with E-state index in [2.05, 4.69) is 29.2 Å². The van der Waals surface area contributed by atoms with Crippen LogP contribution in [0.5, 0.6) is 0 Å². The molecule has 0 aliphatic rings.